The maximum Gasteiger partial charge on any atom is 0.242 e. The lowest BCUT2D eigenvalue weighted by Gasteiger charge is -2.48. The van der Waals surface area contributed by atoms with Gasteiger partial charge in [-0.15, -0.1) is 0 Å². The van der Waals surface area contributed by atoms with E-state index in [1.54, 1.807) is 13.8 Å². The molecule has 22 heavy (non-hydrogen) atoms. The van der Waals surface area contributed by atoms with Crippen LogP contribution in [0.1, 0.15) is 46.2 Å². The summed E-state index contributed by atoms with van der Waals surface area (Å²) >= 11 is 0. The number of piperazine rings is 1. The summed E-state index contributed by atoms with van der Waals surface area (Å²) in [6.07, 6.45) is 0. The van der Waals surface area contributed by atoms with Gasteiger partial charge in [0.05, 0.1) is 11.6 Å². The SMILES string of the molecule is CC(C)(N)C(=O)N1CCN(C(C)(C)C)CC1c1ccccc1. The molecule has 2 rings (SSSR count). The van der Waals surface area contributed by atoms with E-state index in [0.717, 1.165) is 19.6 Å². The van der Waals surface area contributed by atoms with Crippen LogP contribution in [-0.4, -0.2) is 46.4 Å². The second kappa shape index (κ2) is 6.01. The molecule has 1 aliphatic heterocycles. The Labute approximate surface area is 134 Å². The van der Waals surface area contributed by atoms with Gasteiger partial charge in [-0.1, -0.05) is 30.3 Å². The first-order valence-corrected chi connectivity index (χ1v) is 8.00. The fourth-order valence-electron chi connectivity index (χ4n) is 2.97. The normalized spacial score (nSPS) is 21.0. The van der Waals surface area contributed by atoms with E-state index in [2.05, 4.69) is 37.8 Å². The summed E-state index contributed by atoms with van der Waals surface area (Å²) in [5.74, 6) is 0.0231. The maximum atomic E-state index is 12.7. The van der Waals surface area contributed by atoms with Crippen molar-refractivity contribution in [3.8, 4) is 0 Å². The second-order valence-electron chi connectivity index (χ2n) is 7.76. The van der Waals surface area contributed by atoms with Crippen molar-refractivity contribution >= 4 is 5.91 Å². The molecule has 1 heterocycles. The van der Waals surface area contributed by atoms with Crippen molar-refractivity contribution in [3.05, 3.63) is 35.9 Å². The molecule has 4 heteroatoms. The first-order valence-electron chi connectivity index (χ1n) is 8.00. The van der Waals surface area contributed by atoms with E-state index in [-0.39, 0.29) is 17.5 Å². The third-order valence-electron chi connectivity index (χ3n) is 4.33. The number of hydrogen-bond acceptors (Lipinski definition) is 3. The van der Waals surface area contributed by atoms with Crippen molar-refractivity contribution in [2.24, 2.45) is 5.73 Å². The van der Waals surface area contributed by atoms with Gasteiger partial charge in [-0.05, 0) is 40.2 Å². The first kappa shape index (κ1) is 17.0. The van der Waals surface area contributed by atoms with Crippen LogP contribution in [0, 0.1) is 0 Å². The van der Waals surface area contributed by atoms with Crippen LogP contribution in [0.2, 0.25) is 0 Å². The molecule has 1 fully saturated rings. The highest BCUT2D eigenvalue weighted by atomic mass is 16.2. The average Bonchev–Trinajstić information content (AvgIpc) is 2.45. The van der Waals surface area contributed by atoms with Crippen molar-refractivity contribution in [2.75, 3.05) is 19.6 Å². The number of rotatable bonds is 2. The molecule has 0 spiro atoms. The summed E-state index contributed by atoms with van der Waals surface area (Å²) in [6, 6.07) is 10.3. The predicted molar refractivity (Wildman–Crippen MR) is 90.5 cm³/mol. The lowest BCUT2D eigenvalue weighted by Crippen LogP contribution is -2.60. The Bertz CT molecular complexity index is 513. The van der Waals surface area contributed by atoms with E-state index >= 15 is 0 Å². The predicted octanol–water partition coefficient (Wildman–Crippen LogP) is 2.41. The third kappa shape index (κ3) is 3.68. The molecule has 2 N–H and O–H groups in total. The van der Waals surface area contributed by atoms with Gasteiger partial charge < -0.3 is 10.6 Å². The van der Waals surface area contributed by atoms with E-state index < -0.39 is 5.54 Å². The Hall–Kier alpha value is -1.39. The first-order chi connectivity index (χ1) is 10.1. The van der Waals surface area contributed by atoms with Gasteiger partial charge in [0.25, 0.3) is 0 Å². The minimum atomic E-state index is -0.836. The zero-order valence-electron chi connectivity index (χ0n) is 14.5. The molecule has 1 saturated heterocycles. The largest absolute Gasteiger partial charge is 0.331 e. The summed E-state index contributed by atoms with van der Waals surface area (Å²) < 4.78 is 0. The van der Waals surface area contributed by atoms with Gasteiger partial charge >= 0.3 is 0 Å². The van der Waals surface area contributed by atoms with E-state index in [1.807, 2.05) is 23.1 Å². The standard InChI is InChI=1S/C18H29N3O/c1-17(2,3)20-11-12-21(16(22)18(4,5)19)15(13-20)14-9-7-6-8-10-14/h6-10,15H,11-13,19H2,1-5H3. The Kier molecular flexibility index (Phi) is 4.64. The van der Waals surface area contributed by atoms with Crippen molar-refractivity contribution in [2.45, 2.75) is 51.7 Å². The minimum Gasteiger partial charge on any atom is -0.331 e. The van der Waals surface area contributed by atoms with Crippen LogP contribution < -0.4 is 5.73 Å². The molecular weight excluding hydrogens is 274 g/mol. The van der Waals surface area contributed by atoms with Gasteiger partial charge in [0.15, 0.2) is 0 Å². The van der Waals surface area contributed by atoms with Crippen LogP contribution in [0.15, 0.2) is 30.3 Å². The molecule has 1 amide bonds. The third-order valence-corrected chi connectivity index (χ3v) is 4.33. The van der Waals surface area contributed by atoms with Crippen molar-refractivity contribution in [1.82, 2.24) is 9.80 Å². The molecule has 1 aromatic rings. The van der Waals surface area contributed by atoms with Crippen LogP contribution in [0.4, 0.5) is 0 Å². The van der Waals surface area contributed by atoms with Crippen LogP contribution in [0.25, 0.3) is 0 Å². The van der Waals surface area contributed by atoms with E-state index in [4.69, 9.17) is 5.73 Å². The Morgan fingerprint density at radius 1 is 1.09 bits per heavy atom. The van der Waals surface area contributed by atoms with Gasteiger partial charge in [0, 0.05) is 25.2 Å². The van der Waals surface area contributed by atoms with E-state index in [0.29, 0.717) is 0 Å². The molecular formula is C18H29N3O. The van der Waals surface area contributed by atoms with Gasteiger partial charge in [-0.25, -0.2) is 0 Å². The average molecular weight is 303 g/mol. The van der Waals surface area contributed by atoms with Crippen LogP contribution >= 0.6 is 0 Å². The lowest BCUT2D eigenvalue weighted by atomic mass is 9.95. The zero-order valence-corrected chi connectivity index (χ0v) is 14.5. The topological polar surface area (TPSA) is 49.6 Å². The van der Waals surface area contributed by atoms with Crippen LogP contribution in [-0.2, 0) is 4.79 Å². The Morgan fingerprint density at radius 3 is 2.18 bits per heavy atom. The highest BCUT2D eigenvalue weighted by molar-refractivity contribution is 5.85. The number of carbonyl (C=O) groups is 1. The number of hydrogen-bond donors (Lipinski definition) is 1. The van der Waals surface area contributed by atoms with Crippen molar-refractivity contribution in [3.63, 3.8) is 0 Å². The van der Waals surface area contributed by atoms with Crippen LogP contribution in [0.3, 0.4) is 0 Å². The van der Waals surface area contributed by atoms with Crippen molar-refractivity contribution in [1.29, 1.82) is 0 Å². The van der Waals surface area contributed by atoms with E-state index in [1.165, 1.54) is 5.56 Å². The Balaban J connectivity index is 2.32. The highest BCUT2D eigenvalue weighted by Crippen LogP contribution is 2.30. The summed E-state index contributed by atoms with van der Waals surface area (Å²) in [5.41, 5.74) is 6.50. The number of benzene rings is 1. The van der Waals surface area contributed by atoms with E-state index in [9.17, 15) is 4.79 Å². The summed E-state index contributed by atoms with van der Waals surface area (Å²) in [7, 11) is 0. The molecule has 4 nitrogen and oxygen atoms in total. The molecule has 1 unspecified atom stereocenters. The molecule has 1 aliphatic rings. The number of nitrogens with two attached hydrogens (primary N) is 1. The van der Waals surface area contributed by atoms with Crippen LogP contribution in [0.5, 0.6) is 0 Å². The minimum absolute atomic E-state index is 0.0231. The summed E-state index contributed by atoms with van der Waals surface area (Å²) in [4.78, 5) is 17.1. The van der Waals surface area contributed by atoms with Gasteiger partial charge in [-0.3, -0.25) is 9.69 Å². The number of nitrogens with zero attached hydrogens (tertiary/aromatic N) is 2. The van der Waals surface area contributed by atoms with Gasteiger partial charge in [0.1, 0.15) is 0 Å². The highest BCUT2D eigenvalue weighted by Gasteiger charge is 2.39. The summed E-state index contributed by atoms with van der Waals surface area (Å²) in [6.45, 7) is 12.7. The molecule has 0 saturated carbocycles. The molecule has 122 valence electrons. The molecule has 0 aliphatic carbocycles. The maximum absolute atomic E-state index is 12.7. The Morgan fingerprint density at radius 2 is 1.68 bits per heavy atom. The molecule has 0 bridgehead atoms. The van der Waals surface area contributed by atoms with Crippen molar-refractivity contribution < 1.29 is 4.79 Å². The molecule has 0 radical (unpaired) electrons. The zero-order chi connectivity index (χ0) is 16.5. The smallest absolute Gasteiger partial charge is 0.242 e. The molecule has 1 atom stereocenters. The quantitative estimate of drug-likeness (QED) is 0.913. The second-order valence-corrected chi connectivity index (χ2v) is 7.76. The lowest BCUT2D eigenvalue weighted by molar-refractivity contribution is -0.142. The van der Waals surface area contributed by atoms with Gasteiger partial charge in [-0.2, -0.15) is 0 Å². The van der Waals surface area contributed by atoms with Gasteiger partial charge in [0.2, 0.25) is 5.91 Å². The number of amides is 1. The number of carbonyl (C=O) groups excluding carboxylic acids is 1. The monoisotopic (exact) mass is 303 g/mol. The molecule has 1 aromatic carbocycles. The summed E-state index contributed by atoms with van der Waals surface area (Å²) in [5, 5.41) is 0. The molecule has 0 aromatic heterocycles. The fourth-order valence-corrected chi connectivity index (χ4v) is 2.97. The fraction of sp³-hybridized carbons (Fsp3) is 0.611.